The fraction of sp³-hybridized carbons (Fsp3) is 0.533. The van der Waals surface area contributed by atoms with E-state index in [1.165, 1.54) is 18.4 Å². The van der Waals surface area contributed by atoms with Crippen molar-refractivity contribution in [1.29, 1.82) is 0 Å². The number of fused-ring (bicyclic) bond motifs is 2. The van der Waals surface area contributed by atoms with Crippen LogP contribution in [0.1, 0.15) is 24.1 Å². The van der Waals surface area contributed by atoms with Gasteiger partial charge in [0.1, 0.15) is 0 Å². The second-order valence-electron chi connectivity index (χ2n) is 5.48. The molecule has 90 valence electrons. The maximum Gasteiger partial charge on any atom is 0.0372 e. The molecule has 1 aromatic rings. The van der Waals surface area contributed by atoms with Crippen LogP contribution in [0.4, 0.5) is 0 Å². The first-order valence-electron chi connectivity index (χ1n) is 6.62. The van der Waals surface area contributed by atoms with Gasteiger partial charge in [-0.2, -0.15) is 0 Å². The van der Waals surface area contributed by atoms with E-state index in [1.807, 2.05) is 13.1 Å². The Hall–Kier alpha value is -1.15. The van der Waals surface area contributed by atoms with Gasteiger partial charge in [-0.3, -0.25) is 4.98 Å². The largest absolute Gasteiger partial charge is 0.312 e. The average molecular weight is 228 g/mol. The molecule has 0 radical (unpaired) electrons. The van der Waals surface area contributed by atoms with Gasteiger partial charge in [0.25, 0.3) is 0 Å². The molecule has 3 rings (SSSR count). The van der Waals surface area contributed by atoms with Crippen molar-refractivity contribution in [3.63, 3.8) is 0 Å². The molecule has 0 aromatic carbocycles. The summed E-state index contributed by atoms with van der Waals surface area (Å²) in [6, 6.07) is 4.24. The van der Waals surface area contributed by atoms with E-state index in [-0.39, 0.29) is 0 Å². The van der Waals surface area contributed by atoms with Crippen molar-refractivity contribution >= 4 is 0 Å². The highest BCUT2D eigenvalue weighted by Crippen LogP contribution is 2.42. The molecule has 17 heavy (non-hydrogen) atoms. The summed E-state index contributed by atoms with van der Waals surface area (Å²) in [6.07, 6.45) is 9.60. The Morgan fingerprint density at radius 1 is 1.29 bits per heavy atom. The van der Waals surface area contributed by atoms with E-state index >= 15 is 0 Å². The molecule has 1 fully saturated rings. The third-order valence-corrected chi connectivity index (χ3v) is 4.12. The van der Waals surface area contributed by atoms with Crippen molar-refractivity contribution in [1.82, 2.24) is 10.3 Å². The van der Waals surface area contributed by atoms with Gasteiger partial charge >= 0.3 is 0 Å². The lowest BCUT2D eigenvalue weighted by molar-refractivity contribution is 0.414. The Balaban J connectivity index is 1.46. The van der Waals surface area contributed by atoms with E-state index in [2.05, 4.69) is 34.6 Å². The molecule has 1 N–H and O–H groups in total. The molecular formula is C15H20N2. The minimum absolute atomic E-state index is 0.851. The van der Waals surface area contributed by atoms with Crippen LogP contribution >= 0.6 is 0 Å². The van der Waals surface area contributed by atoms with Crippen LogP contribution in [-0.2, 0) is 6.54 Å². The van der Waals surface area contributed by atoms with Gasteiger partial charge in [-0.1, -0.05) is 18.2 Å². The van der Waals surface area contributed by atoms with Gasteiger partial charge in [0.15, 0.2) is 0 Å². The van der Waals surface area contributed by atoms with E-state index in [9.17, 15) is 0 Å². The summed E-state index contributed by atoms with van der Waals surface area (Å²) in [5.41, 5.74) is 2.38. The Bertz CT molecular complexity index is 407. The first-order chi connectivity index (χ1) is 8.31. The smallest absolute Gasteiger partial charge is 0.0372 e. The maximum absolute atomic E-state index is 4.32. The highest BCUT2D eigenvalue weighted by molar-refractivity contribution is 5.13. The zero-order valence-electron chi connectivity index (χ0n) is 10.4. The molecule has 2 heteroatoms. The second kappa shape index (κ2) is 4.61. The topological polar surface area (TPSA) is 24.9 Å². The van der Waals surface area contributed by atoms with Crippen LogP contribution in [0.5, 0.6) is 0 Å². The molecule has 1 heterocycles. The predicted octanol–water partition coefficient (Wildman–Crippen LogP) is 2.69. The standard InChI is InChI=1S/C15H20N2/c1-11-2-3-13(9-17-11)8-16-10-15-7-12-4-5-14(15)6-12/h2-5,9,12,14-16H,6-8,10H2,1H3. The van der Waals surface area contributed by atoms with E-state index in [4.69, 9.17) is 0 Å². The molecule has 0 aliphatic heterocycles. The van der Waals surface area contributed by atoms with E-state index in [0.717, 1.165) is 36.5 Å². The first-order valence-corrected chi connectivity index (χ1v) is 6.62. The number of rotatable bonds is 4. The number of hydrogen-bond donors (Lipinski definition) is 1. The number of aryl methyl sites for hydroxylation is 1. The molecule has 3 unspecified atom stereocenters. The van der Waals surface area contributed by atoms with Gasteiger partial charge in [-0.15, -0.1) is 0 Å². The van der Waals surface area contributed by atoms with Crippen LogP contribution in [0, 0.1) is 24.7 Å². The Kier molecular flexibility index (Phi) is 2.98. The van der Waals surface area contributed by atoms with Crippen molar-refractivity contribution < 1.29 is 0 Å². The zero-order valence-corrected chi connectivity index (χ0v) is 10.4. The maximum atomic E-state index is 4.32. The summed E-state index contributed by atoms with van der Waals surface area (Å²) in [5, 5.41) is 3.57. The lowest BCUT2D eigenvalue weighted by Gasteiger charge is -2.18. The molecule has 0 amide bonds. The first kappa shape index (κ1) is 11.0. The summed E-state index contributed by atoms with van der Waals surface area (Å²) >= 11 is 0. The van der Waals surface area contributed by atoms with Gasteiger partial charge < -0.3 is 5.32 Å². The molecule has 3 atom stereocenters. The number of hydrogen-bond acceptors (Lipinski definition) is 2. The average Bonchev–Trinajstić information content (AvgIpc) is 2.94. The normalized spacial score (nSPS) is 30.1. The molecule has 1 saturated carbocycles. The zero-order chi connectivity index (χ0) is 11.7. The fourth-order valence-corrected chi connectivity index (χ4v) is 3.13. The lowest BCUT2D eigenvalue weighted by atomic mass is 9.93. The summed E-state index contributed by atoms with van der Waals surface area (Å²) in [4.78, 5) is 4.32. The number of aromatic nitrogens is 1. The summed E-state index contributed by atoms with van der Waals surface area (Å²) in [6.45, 7) is 4.13. The fourth-order valence-electron chi connectivity index (χ4n) is 3.13. The van der Waals surface area contributed by atoms with Crippen molar-refractivity contribution in [2.24, 2.45) is 17.8 Å². The third kappa shape index (κ3) is 2.42. The summed E-state index contributed by atoms with van der Waals surface area (Å²) in [7, 11) is 0. The molecular weight excluding hydrogens is 208 g/mol. The van der Waals surface area contributed by atoms with Crippen LogP contribution in [0.3, 0.4) is 0 Å². The Labute approximate surface area is 103 Å². The minimum atomic E-state index is 0.851. The molecule has 0 saturated heterocycles. The summed E-state index contributed by atoms with van der Waals surface area (Å²) in [5.74, 6) is 2.60. The predicted molar refractivity (Wildman–Crippen MR) is 69.5 cm³/mol. The van der Waals surface area contributed by atoms with Gasteiger partial charge in [0.05, 0.1) is 0 Å². The lowest BCUT2D eigenvalue weighted by Crippen LogP contribution is -2.25. The van der Waals surface area contributed by atoms with Crippen LogP contribution in [-0.4, -0.2) is 11.5 Å². The number of allylic oxidation sites excluding steroid dienone is 2. The van der Waals surface area contributed by atoms with Crippen LogP contribution in [0.25, 0.3) is 0 Å². The monoisotopic (exact) mass is 228 g/mol. The van der Waals surface area contributed by atoms with E-state index < -0.39 is 0 Å². The van der Waals surface area contributed by atoms with Crippen LogP contribution in [0.2, 0.25) is 0 Å². The van der Waals surface area contributed by atoms with E-state index in [1.54, 1.807) is 0 Å². The van der Waals surface area contributed by atoms with Gasteiger partial charge in [0.2, 0.25) is 0 Å². The third-order valence-electron chi connectivity index (χ3n) is 4.12. The van der Waals surface area contributed by atoms with Crippen LogP contribution < -0.4 is 5.32 Å². The minimum Gasteiger partial charge on any atom is -0.312 e. The van der Waals surface area contributed by atoms with Gasteiger partial charge in [-0.25, -0.2) is 0 Å². The molecule has 0 spiro atoms. The molecule has 2 aliphatic carbocycles. The Morgan fingerprint density at radius 2 is 2.24 bits per heavy atom. The van der Waals surface area contributed by atoms with Crippen molar-refractivity contribution in [3.8, 4) is 0 Å². The summed E-state index contributed by atoms with van der Waals surface area (Å²) < 4.78 is 0. The Morgan fingerprint density at radius 3 is 2.88 bits per heavy atom. The SMILES string of the molecule is Cc1ccc(CNCC2CC3C=CC2C3)cn1. The molecule has 2 nitrogen and oxygen atoms in total. The van der Waals surface area contributed by atoms with Crippen molar-refractivity contribution in [2.45, 2.75) is 26.3 Å². The highest BCUT2D eigenvalue weighted by atomic mass is 14.9. The molecule has 2 bridgehead atoms. The number of nitrogens with one attached hydrogen (secondary N) is 1. The number of nitrogens with zero attached hydrogens (tertiary/aromatic N) is 1. The second-order valence-corrected chi connectivity index (χ2v) is 5.48. The van der Waals surface area contributed by atoms with Gasteiger partial charge in [-0.05, 0) is 55.7 Å². The van der Waals surface area contributed by atoms with Crippen molar-refractivity contribution in [2.75, 3.05) is 6.54 Å². The van der Waals surface area contributed by atoms with Gasteiger partial charge in [0, 0.05) is 18.4 Å². The van der Waals surface area contributed by atoms with Crippen LogP contribution in [0.15, 0.2) is 30.5 Å². The van der Waals surface area contributed by atoms with E-state index in [0.29, 0.717) is 0 Å². The molecule has 1 aromatic heterocycles. The molecule has 2 aliphatic rings. The number of pyridine rings is 1. The van der Waals surface area contributed by atoms with Crippen molar-refractivity contribution in [3.05, 3.63) is 41.7 Å². The quantitative estimate of drug-likeness (QED) is 0.801. The highest BCUT2D eigenvalue weighted by Gasteiger charge is 2.34.